The zero-order chi connectivity index (χ0) is 25.2. The second-order valence-electron chi connectivity index (χ2n) is 9.20. The number of rotatable bonds is 6. The Morgan fingerprint density at radius 1 is 0.459 bits per heavy atom. The topological polar surface area (TPSA) is 12.0 Å². The Labute approximate surface area is 218 Å². The van der Waals surface area contributed by atoms with Gasteiger partial charge in [-0.05, 0) is 79.2 Å². The van der Waals surface area contributed by atoms with Crippen LogP contribution in [0.3, 0.4) is 0 Å². The predicted molar refractivity (Wildman–Crippen MR) is 162 cm³/mol. The van der Waals surface area contributed by atoms with Gasteiger partial charge in [0.1, 0.15) is 0 Å². The summed E-state index contributed by atoms with van der Waals surface area (Å²) >= 11 is 0. The summed E-state index contributed by atoms with van der Waals surface area (Å²) < 4.78 is 0. The maximum atomic E-state index is 4.03. The van der Waals surface area contributed by atoms with Crippen molar-refractivity contribution in [1.82, 2.24) is 0 Å². The van der Waals surface area contributed by atoms with Gasteiger partial charge in [-0.25, -0.2) is 0 Å². The van der Waals surface area contributed by atoms with Crippen molar-refractivity contribution in [2.75, 3.05) is 5.32 Å². The van der Waals surface area contributed by atoms with Gasteiger partial charge < -0.3 is 5.32 Å². The van der Waals surface area contributed by atoms with Gasteiger partial charge in [0.2, 0.25) is 0 Å². The van der Waals surface area contributed by atoms with Crippen LogP contribution in [-0.4, -0.2) is 0 Å². The van der Waals surface area contributed by atoms with Gasteiger partial charge in [0.05, 0.1) is 0 Å². The van der Waals surface area contributed by atoms with Gasteiger partial charge >= 0.3 is 0 Å². The molecule has 0 aromatic heterocycles. The average Bonchev–Trinajstić information content (AvgIpc) is 2.96. The fourth-order valence-corrected chi connectivity index (χ4v) is 5.26. The minimum atomic E-state index is 1.05. The Hall–Kier alpha value is -4.88. The van der Waals surface area contributed by atoms with Gasteiger partial charge in [-0.3, -0.25) is 0 Å². The monoisotopic (exact) mass is 473 g/mol. The summed E-state index contributed by atoms with van der Waals surface area (Å²) in [5.74, 6) is 0. The Balaban J connectivity index is 1.39. The Morgan fingerprint density at radius 3 is 1.30 bits per heavy atom. The van der Waals surface area contributed by atoms with Crippen LogP contribution in [0.1, 0.15) is 11.1 Å². The lowest BCUT2D eigenvalue weighted by molar-refractivity contribution is 1.54. The standard InChI is InChI=1S/C36H27N/c1-3-25-11-5-13-27-15-9-21-33(35(25)27)29-17-7-19-31(23-29)37-32-20-8-18-30(24-32)34-22-10-16-28-14-6-12-26(4-2)36(28)34/h3-24,37H,1-2H2. The van der Waals surface area contributed by atoms with Gasteiger partial charge in [-0.2, -0.15) is 0 Å². The van der Waals surface area contributed by atoms with Crippen LogP contribution in [-0.2, 0) is 0 Å². The lowest BCUT2D eigenvalue weighted by Crippen LogP contribution is -1.92. The van der Waals surface area contributed by atoms with Crippen molar-refractivity contribution in [2.45, 2.75) is 0 Å². The lowest BCUT2D eigenvalue weighted by Gasteiger charge is -2.14. The first kappa shape index (κ1) is 22.6. The van der Waals surface area contributed by atoms with Crippen molar-refractivity contribution in [2.24, 2.45) is 0 Å². The summed E-state index contributed by atoms with van der Waals surface area (Å²) in [7, 11) is 0. The largest absolute Gasteiger partial charge is 0.355 e. The van der Waals surface area contributed by atoms with Crippen LogP contribution in [0.2, 0.25) is 0 Å². The second kappa shape index (κ2) is 9.64. The molecule has 6 aromatic rings. The van der Waals surface area contributed by atoms with E-state index in [2.05, 4.69) is 140 Å². The quantitative estimate of drug-likeness (QED) is 0.254. The molecule has 176 valence electrons. The molecule has 0 saturated heterocycles. The third-order valence-corrected chi connectivity index (χ3v) is 6.95. The van der Waals surface area contributed by atoms with Crippen LogP contribution >= 0.6 is 0 Å². The molecule has 1 heteroatoms. The molecular weight excluding hydrogens is 446 g/mol. The predicted octanol–water partition coefficient (Wildman–Crippen LogP) is 10.4. The first-order chi connectivity index (χ1) is 18.2. The van der Waals surface area contributed by atoms with E-state index in [0.717, 1.165) is 22.5 Å². The zero-order valence-electron chi connectivity index (χ0n) is 20.6. The number of hydrogen-bond acceptors (Lipinski definition) is 1. The number of fused-ring (bicyclic) bond motifs is 2. The molecule has 6 rings (SSSR count). The highest BCUT2D eigenvalue weighted by molar-refractivity contribution is 6.03. The number of anilines is 2. The van der Waals surface area contributed by atoms with Crippen LogP contribution in [0.25, 0.3) is 56.0 Å². The van der Waals surface area contributed by atoms with Crippen molar-refractivity contribution >= 4 is 45.1 Å². The van der Waals surface area contributed by atoms with E-state index in [9.17, 15) is 0 Å². The summed E-state index contributed by atoms with van der Waals surface area (Å²) in [6, 6.07) is 42.9. The smallest absolute Gasteiger partial charge is 0.0390 e. The van der Waals surface area contributed by atoms with Crippen molar-refractivity contribution in [1.29, 1.82) is 0 Å². The van der Waals surface area contributed by atoms with Crippen LogP contribution in [0.4, 0.5) is 11.4 Å². The molecule has 0 atom stereocenters. The molecule has 0 spiro atoms. The highest BCUT2D eigenvalue weighted by Crippen LogP contribution is 2.35. The molecular formula is C36H27N. The Kier molecular flexibility index (Phi) is 5.88. The van der Waals surface area contributed by atoms with Gasteiger partial charge in [-0.1, -0.05) is 122 Å². The SMILES string of the molecule is C=Cc1cccc2cccc(-c3cccc(Nc4cccc(-c5cccc6cccc(C=C)c56)c4)c3)c12. The molecule has 1 N–H and O–H groups in total. The van der Waals surface area contributed by atoms with E-state index in [0.29, 0.717) is 0 Å². The fraction of sp³-hybridized carbons (Fsp3) is 0. The van der Waals surface area contributed by atoms with E-state index in [4.69, 9.17) is 0 Å². The van der Waals surface area contributed by atoms with Crippen LogP contribution in [0.15, 0.2) is 134 Å². The number of nitrogens with one attached hydrogen (secondary N) is 1. The molecule has 0 amide bonds. The molecule has 37 heavy (non-hydrogen) atoms. The lowest BCUT2D eigenvalue weighted by atomic mass is 9.94. The van der Waals surface area contributed by atoms with E-state index < -0.39 is 0 Å². The maximum Gasteiger partial charge on any atom is 0.0390 e. The third kappa shape index (κ3) is 4.22. The molecule has 0 aliphatic rings. The minimum Gasteiger partial charge on any atom is -0.355 e. The molecule has 0 radical (unpaired) electrons. The first-order valence-corrected chi connectivity index (χ1v) is 12.5. The van der Waals surface area contributed by atoms with Crippen LogP contribution in [0, 0.1) is 0 Å². The van der Waals surface area contributed by atoms with Crippen LogP contribution < -0.4 is 5.32 Å². The van der Waals surface area contributed by atoms with Gasteiger partial charge in [-0.15, -0.1) is 0 Å². The van der Waals surface area contributed by atoms with Gasteiger partial charge in [0, 0.05) is 11.4 Å². The Bertz CT molecular complexity index is 1650. The van der Waals surface area contributed by atoms with Crippen molar-refractivity contribution in [3.8, 4) is 22.3 Å². The fourth-order valence-electron chi connectivity index (χ4n) is 5.26. The molecule has 0 fully saturated rings. The Morgan fingerprint density at radius 2 is 0.865 bits per heavy atom. The van der Waals surface area contributed by atoms with Gasteiger partial charge in [0.25, 0.3) is 0 Å². The summed E-state index contributed by atoms with van der Waals surface area (Å²) in [4.78, 5) is 0. The average molecular weight is 474 g/mol. The minimum absolute atomic E-state index is 1.05. The molecule has 0 aliphatic heterocycles. The molecule has 1 nitrogen and oxygen atoms in total. The first-order valence-electron chi connectivity index (χ1n) is 12.5. The third-order valence-electron chi connectivity index (χ3n) is 6.95. The highest BCUT2D eigenvalue weighted by Gasteiger charge is 2.10. The zero-order valence-corrected chi connectivity index (χ0v) is 20.6. The van der Waals surface area contributed by atoms with Crippen molar-refractivity contribution in [3.63, 3.8) is 0 Å². The second-order valence-corrected chi connectivity index (χ2v) is 9.20. The summed E-state index contributed by atoms with van der Waals surface area (Å²) in [6.07, 6.45) is 3.87. The van der Waals surface area contributed by atoms with Crippen LogP contribution in [0.5, 0.6) is 0 Å². The number of hydrogen-bond donors (Lipinski definition) is 1. The molecule has 0 bridgehead atoms. The summed E-state index contributed by atoms with van der Waals surface area (Å²) in [5, 5.41) is 8.53. The molecule has 0 unspecified atom stereocenters. The van der Waals surface area contributed by atoms with Gasteiger partial charge in [0.15, 0.2) is 0 Å². The van der Waals surface area contributed by atoms with E-state index in [1.165, 1.54) is 43.8 Å². The summed E-state index contributed by atoms with van der Waals surface area (Å²) in [6.45, 7) is 8.07. The van der Waals surface area contributed by atoms with E-state index in [1.54, 1.807) is 0 Å². The van der Waals surface area contributed by atoms with Crippen molar-refractivity contribution < 1.29 is 0 Å². The molecule has 0 aliphatic carbocycles. The van der Waals surface area contributed by atoms with E-state index in [-0.39, 0.29) is 0 Å². The summed E-state index contributed by atoms with van der Waals surface area (Å²) in [5.41, 5.74) is 9.15. The molecule has 0 saturated carbocycles. The normalized spacial score (nSPS) is 10.9. The maximum absolute atomic E-state index is 4.03. The molecule has 6 aromatic carbocycles. The van der Waals surface area contributed by atoms with Crippen molar-refractivity contribution in [3.05, 3.63) is 146 Å². The van der Waals surface area contributed by atoms with E-state index in [1.807, 2.05) is 12.2 Å². The van der Waals surface area contributed by atoms with E-state index >= 15 is 0 Å². The highest BCUT2D eigenvalue weighted by atomic mass is 14.9. The number of benzene rings is 6. The molecule has 0 heterocycles.